The summed E-state index contributed by atoms with van der Waals surface area (Å²) in [5, 5.41) is 4.64. The van der Waals surface area contributed by atoms with Crippen LogP contribution in [0.3, 0.4) is 0 Å². The van der Waals surface area contributed by atoms with Gasteiger partial charge in [-0.05, 0) is 62.8 Å². The third kappa shape index (κ3) is 4.20. The number of rotatable bonds is 4. The molecule has 1 saturated heterocycles. The largest absolute Gasteiger partial charge is 0.466 e. The fourth-order valence-corrected chi connectivity index (χ4v) is 4.86. The molecule has 7 nitrogen and oxygen atoms in total. The number of nitrogens with zero attached hydrogens (tertiary/aromatic N) is 3. The zero-order valence-electron chi connectivity index (χ0n) is 19.3. The number of fused-ring (bicyclic) bond motifs is 1. The van der Waals surface area contributed by atoms with Crippen LogP contribution in [0.15, 0.2) is 24.3 Å². The smallest absolute Gasteiger partial charge is 0.309 e. The molecule has 1 aromatic carbocycles. The summed E-state index contributed by atoms with van der Waals surface area (Å²) in [6.45, 7) is 9.37. The highest BCUT2D eigenvalue weighted by atomic mass is 16.5. The number of ether oxygens (including phenoxy) is 1. The summed E-state index contributed by atoms with van der Waals surface area (Å²) in [5.74, 6) is -0.169. The number of esters is 1. The Morgan fingerprint density at radius 2 is 1.78 bits per heavy atom. The SMILES string of the molecule is CCOC(=O)C1CCN(C(=O)c2ccc(-n3nc(C)c4c3CC(C)(C)CC4=O)cc2)CC1. The number of ketones is 1. The van der Waals surface area contributed by atoms with Crippen molar-refractivity contribution in [1.82, 2.24) is 14.7 Å². The highest BCUT2D eigenvalue weighted by Crippen LogP contribution is 2.37. The summed E-state index contributed by atoms with van der Waals surface area (Å²) < 4.78 is 6.96. The Labute approximate surface area is 188 Å². The normalized spacial score (nSPS) is 18.4. The minimum atomic E-state index is -0.163. The molecular weight excluding hydrogens is 406 g/mol. The lowest BCUT2D eigenvalue weighted by molar-refractivity contribution is -0.149. The molecule has 4 rings (SSSR count). The predicted molar refractivity (Wildman–Crippen MR) is 120 cm³/mol. The van der Waals surface area contributed by atoms with Crippen LogP contribution in [0.25, 0.3) is 5.69 Å². The van der Waals surface area contributed by atoms with Crippen LogP contribution in [-0.2, 0) is 16.0 Å². The fraction of sp³-hybridized carbons (Fsp3) is 0.520. The molecule has 0 N–H and O–H groups in total. The van der Waals surface area contributed by atoms with E-state index >= 15 is 0 Å². The molecule has 1 fully saturated rings. The molecule has 0 bridgehead atoms. The van der Waals surface area contributed by atoms with Crippen LogP contribution < -0.4 is 0 Å². The lowest BCUT2D eigenvalue weighted by Crippen LogP contribution is -2.40. The Morgan fingerprint density at radius 3 is 2.41 bits per heavy atom. The number of aryl methyl sites for hydroxylation is 1. The van der Waals surface area contributed by atoms with Crippen LogP contribution >= 0.6 is 0 Å². The van der Waals surface area contributed by atoms with Gasteiger partial charge in [-0.1, -0.05) is 13.8 Å². The minimum absolute atomic E-state index is 0.0335. The minimum Gasteiger partial charge on any atom is -0.466 e. The van der Waals surface area contributed by atoms with E-state index in [2.05, 4.69) is 18.9 Å². The van der Waals surface area contributed by atoms with Gasteiger partial charge < -0.3 is 9.64 Å². The second-order valence-corrected chi connectivity index (χ2v) is 9.63. The van der Waals surface area contributed by atoms with Gasteiger partial charge >= 0.3 is 5.97 Å². The summed E-state index contributed by atoms with van der Waals surface area (Å²) in [6.07, 6.45) is 2.58. The molecule has 1 aliphatic carbocycles. The van der Waals surface area contributed by atoms with Crippen molar-refractivity contribution in [3.05, 3.63) is 46.8 Å². The molecule has 0 unspecified atom stereocenters. The van der Waals surface area contributed by atoms with Gasteiger partial charge in [0.2, 0.25) is 0 Å². The lowest BCUT2D eigenvalue weighted by Gasteiger charge is -2.31. The molecule has 1 aromatic heterocycles. The van der Waals surface area contributed by atoms with E-state index in [9.17, 15) is 14.4 Å². The van der Waals surface area contributed by atoms with Crippen molar-refractivity contribution < 1.29 is 19.1 Å². The van der Waals surface area contributed by atoms with Crippen LogP contribution in [0.2, 0.25) is 0 Å². The average Bonchev–Trinajstić information content (AvgIpc) is 3.08. The first-order chi connectivity index (χ1) is 15.2. The van der Waals surface area contributed by atoms with E-state index in [0.717, 1.165) is 29.1 Å². The first-order valence-electron chi connectivity index (χ1n) is 11.4. The number of aromatic nitrogens is 2. The third-order valence-electron chi connectivity index (χ3n) is 6.48. The number of carbonyl (C=O) groups is 3. The van der Waals surface area contributed by atoms with Crippen molar-refractivity contribution in [1.29, 1.82) is 0 Å². The Hall–Kier alpha value is -2.96. The fourth-order valence-electron chi connectivity index (χ4n) is 4.86. The predicted octanol–water partition coefficient (Wildman–Crippen LogP) is 3.75. The number of piperidine rings is 1. The second kappa shape index (κ2) is 8.52. The molecule has 7 heteroatoms. The van der Waals surface area contributed by atoms with Crippen LogP contribution in [0.5, 0.6) is 0 Å². The molecule has 2 aliphatic rings. The van der Waals surface area contributed by atoms with Gasteiger partial charge in [0.1, 0.15) is 0 Å². The van der Waals surface area contributed by atoms with Gasteiger partial charge in [-0.15, -0.1) is 0 Å². The van der Waals surface area contributed by atoms with Gasteiger partial charge in [0.15, 0.2) is 5.78 Å². The summed E-state index contributed by atoms with van der Waals surface area (Å²) in [7, 11) is 0. The molecule has 170 valence electrons. The van der Waals surface area contributed by atoms with Crippen molar-refractivity contribution in [3.8, 4) is 5.69 Å². The molecule has 2 aromatic rings. The Bertz CT molecular complexity index is 1040. The Kier molecular flexibility index (Phi) is 5.93. The Morgan fingerprint density at radius 1 is 1.12 bits per heavy atom. The number of amides is 1. The topological polar surface area (TPSA) is 81.5 Å². The molecular formula is C25H31N3O4. The Balaban J connectivity index is 1.49. The molecule has 2 heterocycles. The standard InChI is InChI=1S/C25H31N3O4/c1-5-32-24(31)18-10-12-27(13-11-18)23(30)17-6-8-19(9-7-17)28-20-14-25(3,4)15-21(29)22(20)16(2)26-28/h6-9,18H,5,10-15H2,1-4H3. The summed E-state index contributed by atoms with van der Waals surface area (Å²) in [5.41, 5.74) is 3.80. The van der Waals surface area contributed by atoms with Gasteiger partial charge in [-0.3, -0.25) is 14.4 Å². The molecule has 0 radical (unpaired) electrons. The number of Topliss-reactive ketones (excluding diaryl/α,β-unsaturated/α-hetero) is 1. The van der Waals surface area contributed by atoms with Crippen molar-refractivity contribution in [2.45, 2.75) is 53.4 Å². The van der Waals surface area contributed by atoms with E-state index in [1.807, 2.05) is 35.9 Å². The van der Waals surface area contributed by atoms with E-state index < -0.39 is 0 Å². The van der Waals surface area contributed by atoms with Crippen molar-refractivity contribution in [2.75, 3.05) is 19.7 Å². The van der Waals surface area contributed by atoms with Crippen LogP contribution in [0.1, 0.15) is 72.1 Å². The molecule has 1 aliphatic heterocycles. The van der Waals surface area contributed by atoms with Crippen LogP contribution in [0, 0.1) is 18.3 Å². The molecule has 0 spiro atoms. The van der Waals surface area contributed by atoms with Gasteiger partial charge in [-0.2, -0.15) is 5.10 Å². The average molecular weight is 438 g/mol. The van der Waals surface area contributed by atoms with E-state index in [1.165, 1.54) is 0 Å². The van der Waals surface area contributed by atoms with E-state index in [0.29, 0.717) is 44.5 Å². The quantitative estimate of drug-likeness (QED) is 0.681. The summed E-state index contributed by atoms with van der Waals surface area (Å²) >= 11 is 0. The third-order valence-corrected chi connectivity index (χ3v) is 6.48. The number of hydrogen-bond donors (Lipinski definition) is 0. The van der Waals surface area contributed by atoms with Crippen LogP contribution in [0.4, 0.5) is 0 Å². The number of benzene rings is 1. The molecule has 32 heavy (non-hydrogen) atoms. The van der Waals surface area contributed by atoms with Crippen molar-refractivity contribution in [3.63, 3.8) is 0 Å². The van der Waals surface area contributed by atoms with Gasteiger partial charge in [0, 0.05) is 25.1 Å². The van der Waals surface area contributed by atoms with Gasteiger partial charge in [-0.25, -0.2) is 4.68 Å². The molecule has 0 atom stereocenters. The van der Waals surface area contributed by atoms with Gasteiger partial charge in [0.25, 0.3) is 5.91 Å². The highest BCUT2D eigenvalue weighted by molar-refractivity contribution is 6.00. The zero-order valence-corrected chi connectivity index (χ0v) is 19.3. The number of likely N-dealkylation sites (tertiary alicyclic amines) is 1. The summed E-state index contributed by atoms with van der Waals surface area (Å²) in [4.78, 5) is 39.3. The first-order valence-corrected chi connectivity index (χ1v) is 11.4. The lowest BCUT2D eigenvalue weighted by atomic mass is 9.75. The summed E-state index contributed by atoms with van der Waals surface area (Å²) in [6, 6.07) is 7.40. The van der Waals surface area contributed by atoms with E-state index in [-0.39, 0.29) is 29.0 Å². The van der Waals surface area contributed by atoms with Gasteiger partial charge in [0.05, 0.1) is 35.2 Å². The van der Waals surface area contributed by atoms with E-state index in [4.69, 9.17) is 4.74 Å². The van der Waals surface area contributed by atoms with Crippen LogP contribution in [-0.4, -0.2) is 52.0 Å². The molecule has 0 saturated carbocycles. The van der Waals surface area contributed by atoms with Crippen molar-refractivity contribution >= 4 is 17.7 Å². The maximum atomic E-state index is 13.0. The maximum Gasteiger partial charge on any atom is 0.309 e. The monoisotopic (exact) mass is 437 g/mol. The molecule has 1 amide bonds. The number of carbonyl (C=O) groups excluding carboxylic acids is 3. The highest BCUT2D eigenvalue weighted by Gasteiger charge is 2.36. The second-order valence-electron chi connectivity index (χ2n) is 9.63. The first kappa shape index (κ1) is 22.2. The zero-order chi connectivity index (χ0) is 23.0. The number of hydrogen-bond acceptors (Lipinski definition) is 5. The van der Waals surface area contributed by atoms with Crippen molar-refractivity contribution in [2.24, 2.45) is 11.3 Å². The maximum absolute atomic E-state index is 13.0. The van der Waals surface area contributed by atoms with E-state index in [1.54, 1.807) is 11.8 Å².